The van der Waals surface area contributed by atoms with Crippen LogP contribution in [-0.2, 0) is 6.42 Å². The van der Waals surface area contributed by atoms with Crippen molar-refractivity contribution in [2.24, 2.45) is 23.2 Å². The van der Waals surface area contributed by atoms with E-state index in [-0.39, 0.29) is 28.9 Å². The quantitative estimate of drug-likeness (QED) is 0.211. The molecular formula is C38H54FNO4. The molecule has 5 nitrogen and oxygen atoms in total. The predicted molar refractivity (Wildman–Crippen MR) is 174 cm³/mol. The molecule has 0 spiro atoms. The Hall–Kier alpha value is -2.60. The highest BCUT2D eigenvalue weighted by Crippen LogP contribution is 2.63. The zero-order valence-corrected chi connectivity index (χ0v) is 27.1. The molecule has 0 saturated heterocycles. The maximum Gasteiger partial charge on any atom is 0.253 e. The van der Waals surface area contributed by atoms with Gasteiger partial charge in [0.05, 0.1) is 12.7 Å². The number of unbranched alkanes of at least 4 members (excludes halogenated alkanes) is 5. The lowest BCUT2D eigenvalue weighted by Crippen LogP contribution is -2.51. The van der Waals surface area contributed by atoms with Gasteiger partial charge in [0.25, 0.3) is 5.91 Å². The van der Waals surface area contributed by atoms with E-state index >= 15 is 4.39 Å². The number of carbonyl (C=O) groups is 1. The van der Waals surface area contributed by atoms with E-state index in [2.05, 4.69) is 13.8 Å². The minimum Gasteiger partial charge on any atom is -0.508 e. The minimum atomic E-state index is -0.977. The molecule has 7 atom stereocenters. The van der Waals surface area contributed by atoms with E-state index in [1.54, 1.807) is 6.07 Å². The number of aliphatic hydroxyl groups excluding tert-OH is 1. The third-order valence-corrected chi connectivity index (χ3v) is 11.3. The summed E-state index contributed by atoms with van der Waals surface area (Å²) in [7, 11) is 0. The van der Waals surface area contributed by atoms with Crippen molar-refractivity contribution in [3.63, 3.8) is 0 Å². The van der Waals surface area contributed by atoms with Crippen molar-refractivity contribution in [3.8, 4) is 11.5 Å². The highest BCUT2D eigenvalue weighted by molar-refractivity contribution is 5.94. The molecule has 2 aromatic carbocycles. The first-order chi connectivity index (χ1) is 21.3. The molecule has 0 bridgehead atoms. The van der Waals surface area contributed by atoms with Gasteiger partial charge in [-0.2, -0.15) is 0 Å². The van der Waals surface area contributed by atoms with Gasteiger partial charge < -0.3 is 19.8 Å². The molecule has 2 aromatic rings. The zero-order valence-electron chi connectivity index (χ0n) is 27.1. The monoisotopic (exact) mass is 607 g/mol. The largest absolute Gasteiger partial charge is 0.508 e. The van der Waals surface area contributed by atoms with Crippen LogP contribution in [0, 0.1) is 23.2 Å². The van der Waals surface area contributed by atoms with E-state index in [9.17, 15) is 15.0 Å². The number of ether oxygens (including phenoxy) is 1. The number of nitrogens with zero attached hydrogens (tertiary/aromatic N) is 1. The summed E-state index contributed by atoms with van der Waals surface area (Å²) in [5.74, 6) is 1.85. The summed E-state index contributed by atoms with van der Waals surface area (Å²) in [5.41, 5.74) is 2.53. The molecule has 242 valence electrons. The van der Waals surface area contributed by atoms with Gasteiger partial charge in [0.15, 0.2) is 0 Å². The van der Waals surface area contributed by atoms with Crippen molar-refractivity contribution < 1.29 is 24.1 Å². The fourth-order valence-corrected chi connectivity index (χ4v) is 9.01. The standard InChI is InChI=1S/C38H54FNO4/c1-4-6-7-10-21-40(37(43)26-13-16-30(17-14-26)44-5-2)22-11-8-9-12-27-23-28-24-29(41)15-18-31(28)36-33(39)25-38(3)32(35(27)36)19-20-34(38)42/h13-18,24,27,32-36,41-42H,4-12,19-23,25H2,1-3H3/t27-,32?,33+,34+,35?,36?,38+/m1/s1. The Morgan fingerprint density at radius 1 is 1.00 bits per heavy atom. The number of benzene rings is 2. The molecule has 3 aliphatic carbocycles. The molecular weight excluding hydrogens is 553 g/mol. The summed E-state index contributed by atoms with van der Waals surface area (Å²) < 4.78 is 21.6. The van der Waals surface area contributed by atoms with Crippen LogP contribution in [0.15, 0.2) is 42.5 Å². The van der Waals surface area contributed by atoms with Crippen molar-refractivity contribution in [2.45, 2.75) is 116 Å². The minimum absolute atomic E-state index is 0.0892. The van der Waals surface area contributed by atoms with Crippen LogP contribution in [0.5, 0.6) is 11.5 Å². The molecule has 2 N–H and O–H groups in total. The molecule has 5 rings (SSSR count). The number of carbonyl (C=O) groups excluding carboxylic acids is 1. The number of hydrogen-bond donors (Lipinski definition) is 2. The van der Waals surface area contributed by atoms with Gasteiger partial charge in [-0.25, -0.2) is 4.39 Å². The van der Waals surface area contributed by atoms with Crippen LogP contribution in [0.2, 0.25) is 0 Å². The maximum absolute atomic E-state index is 16.1. The SMILES string of the molecule is CCCCCCN(CCCCC[C@@H]1Cc2cc(O)ccc2C2C1C1CC[C@H](O)[C@@]1(C)C[C@@H]2F)C(=O)c1ccc(OCC)cc1. The Balaban J connectivity index is 1.23. The number of aromatic hydroxyl groups is 1. The molecule has 2 fully saturated rings. The van der Waals surface area contributed by atoms with E-state index in [0.717, 1.165) is 87.8 Å². The fraction of sp³-hybridized carbons (Fsp3) is 0.658. The lowest BCUT2D eigenvalue weighted by atomic mass is 9.51. The second-order valence-corrected chi connectivity index (χ2v) is 14.0. The average molecular weight is 608 g/mol. The highest BCUT2D eigenvalue weighted by atomic mass is 19.1. The van der Waals surface area contributed by atoms with E-state index in [4.69, 9.17) is 4.74 Å². The van der Waals surface area contributed by atoms with E-state index in [1.807, 2.05) is 48.2 Å². The number of aliphatic hydroxyl groups is 1. The number of alkyl halides is 1. The van der Waals surface area contributed by atoms with Gasteiger partial charge in [0, 0.05) is 24.6 Å². The van der Waals surface area contributed by atoms with Crippen LogP contribution in [0.1, 0.15) is 119 Å². The van der Waals surface area contributed by atoms with Gasteiger partial charge in [-0.1, -0.05) is 52.0 Å². The van der Waals surface area contributed by atoms with Gasteiger partial charge in [-0.3, -0.25) is 4.79 Å². The Labute approximate surface area is 264 Å². The van der Waals surface area contributed by atoms with Crippen molar-refractivity contribution in [1.82, 2.24) is 4.90 Å². The third kappa shape index (κ3) is 6.95. The number of halogens is 1. The van der Waals surface area contributed by atoms with Crippen molar-refractivity contribution in [1.29, 1.82) is 0 Å². The first kappa shape index (κ1) is 32.8. The molecule has 6 heteroatoms. The Morgan fingerprint density at radius 3 is 2.43 bits per heavy atom. The maximum atomic E-state index is 16.1. The van der Waals surface area contributed by atoms with Crippen LogP contribution >= 0.6 is 0 Å². The Kier molecular flexibility index (Phi) is 10.9. The summed E-state index contributed by atoms with van der Waals surface area (Å²) in [6.45, 7) is 8.40. The second-order valence-electron chi connectivity index (χ2n) is 14.0. The van der Waals surface area contributed by atoms with Crippen molar-refractivity contribution >= 4 is 5.91 Å². The number of fused-ring (bicyclic) bond motifs is 5. The van der Waals surface area contributed by atoms with E-state index in [0.29, 0.717) is 30.4 Å². The van der Waals surface area contributed by atoms with E-state index < -0.39 is 12.3 Å². The van der Waals surface area contributed by atoms with Crippen LogP contribution in [0.3, 0.4) is 0 Å². The van der Waals surface area contributed by atoms with Crippen LogP contribution in [0.4, 0.5) is 4.39 Å². The smallest absolute Gasteiger partial charge is 0.253 e. The summed E-state index contributed by atoms with van der Waals surface area (Å²) >= 11 is 0. The number of hydrogen-bond acceptors (Lipinski definition) is 4. The second kappa shape index (κ2) is 14.7. The summed E-state index contributed by atoms with van der Waals surface area (Å²) in [5, 5.41) is 21.2. The number of amides is 1. The molecule has 0 aliphatic heterocycles. The topological polar surface area (TPSA) is 70.0 Å². The third-order valence-electron chi connectivity index (χ3n) is 11.3. The highest BCUT2D eigenvalue weighted by Gasteiger charge is 2.59. The molecule has 0 heterocycles. The number of phenolic OH excluding ortho intramolecular Hbond substituents is 1. The summed E-state index contributed by atoms with van der Waals surface area (Å²) in [6, 6.07) is 13.0. The normalized spacial score (nSPS) is 29.0. The van der Waals surface area contributed by atoms with Gasteiger partial charge in [-0.05, 0) is 123 Å². The first-order valence-corrected chi connectivity index (χ1v) is 17.4. The first-order valence-electron chi connectivity index (χ1n) is 17.4. The van der Waals surface area contributed by atoms with Crippen LogP contribution < -0.4 is 4.74 Å². The average Bonchev–Trinajstić information content (AvgIpc) is 3.30. The molecule has 2 saturated carbocycles. The lowest BCUT2D eigenvalue weighted by molar-refractivity contribution is -0.0722. The molecule has 1 amide bonds. The Morgan fingerprint density at radius 2 is 1.73 bits per heavy atom. The molecule has 0 aromatic heterocycles. The zero-order chi connectivity index (χ0) is 31.3. The molecule has 3 unspecified atom stereocenters. The van der Waals surface area contributed by atoms with Gasteiger partial charge in [0.1, 0.15) is 17.7 Å². The van der Waals surface area contributed by atoms with E-state index in [1.165, 1.54) is 12.8 Å². The predicted octanol–water partition coefficient (Wildman–Crippen LogP) is 8.47. The van der Waals surface area contributed by atoms with Crippen LogP contribution in [-0.4, -0.2) is 53.0 Å². The van der Waals surface area contributed by atoms with Gasteiger partial charge >= 0.3 is 0 Å². The fourth-order valence-electron chi connectivity index (χ4n) is 9.01. The summed E-state index contributed by atoms with van der Waals surface area (Å²) in [6.07, 6.45) is 10.1. The van der Waals surface area contributed by atoms with Crippen LogP contribution in [0.25, 0.3) is 0 Å². The summed E-state index contributed by atoms with van der Waals surface area (Å²) in [4.78, 5) is 15.5. The number of rotatable bonds is 14. The Bertz CT molecular complexity index is 1230. The number of phenols is 1. The van der Waals surface area contributed by atoms with Gasteiger partial charge in [0.2, 0.25) is 0 Å². The molecule has 44 heavy (non-hydrogen) atoms. The molecule has 3 aliphatic rings. The van der Waals surface area contributed by atoms with Crippen molar-refractivity contribution in [3.05, 3.63) is 59.2 Å². The lowest BCUT2D eigenvalue weighted by Gasteiger charge is -2.54. The van der Waals surface area contributed by atoms with Gasteiger partial charge in [-0.15, -0.1) is 0 Å². The molecule has 0 radical (unpaired) electrons. The van der Waals surface area contributed by atoms with Crippen molar-refractivity contribution in [2.75, 3.05) is 19.7 Å².